The molecule has 0 radical (unpaired) electrons. The summed E-state index contributed by atoms with van der Waals surface area (Å²) in [6.45, 7) is 15.7. The Morgan fingerprint density at radius 1 is 1.21 bits per heavy atom. The summed E-state index contributed by atoms with van der Waals surface area (Å²) in [5.41, 5.74) is 3.40. The molecule has 0 atom stereocenters. The van der Waals surface area contributed by atoms with Crippen LogP contribution < -0.4 is 0 Å². The molecule has 154 valence electrons. The lowest BCUT2D eigenvalue weighted by Crippen LogP contribution is -2.51. The largest absolute Gasteiger partial charge is 0.479 e. The monoisotopic (exact) mass is 387 g/mol. The summed E-state index contributed by atoms with van der Waals surface area (Å²) >= 11 is 0. The van der Waals surface area contributed by atoms with Gasteiger partial charge in [-0.3, -0.25) is 14.3 Å². The number of hydrogen-bond donors (Lipinski definition) is 1. The first-order chi connectivity index (χ1) is 13.1. The van der Waals surface area contributed by atoms with E-state index >= 15 is 0 Å². The van der Waals surface area contributed by atoms with Gasteiger partial charge in [0.05, 0.1) is 11.4 Å². The first kappa shape index (κ1) is 20.6. The van der Waals surface area contributed by atoms with Crippen LogP contribution in [0.3, 0.4) is 0 Å². The van der Waals surface area contributed by atoms with Crippen LogP contribution in [0.15, 0.2) is 12.3 Å². The third kappa shape index (κ3) is 3.60. The zero-order valence-electron chi connectivity index (χ0n) is 18.0. The lowest BCUT2D eigenvalue weighted by atomic mass is 9.87. The van der Waals surface area contributed by atoms with Crippen molar-refractivity contribution >= 4 is 5.97 Å². The third-order valence-corrected chi connectivity index (χ3v) is 6.09. The van der Waals surface area contributed by atoms with Crippen molar-refractivity contribution in [1.82, 2.24) is 24.5 Å². The second-order valence-corrected chi connectivity index (χ2v) is 8.97. The topological polar surface area (TPSA) is 76.2 Å². The van der Waals surface area contributed by atoms with E-state index < -0.39 is 11.5 Å². The minimum absolute atomic E-state index is 0.0971. The van der Waals surface area contributed by atoms with Crippen molar-refractivity contribution in [3.05, 3.63) is 34.9 Å². The van der Waals surface area contributed by atoms with E-state index in [1.54, 1.807) is 4.68 Å². The molecule has 0 saturated carbocycles. The predicted octanol–water partition coefficient (Wildman–Crippen LogP) is 3.09. The molecule has 0 aliphatic carbocycles. The molecule has 0 bridgehead atoms. The summed E-state index contributed by atoms with van der Waals surface area (Å²) in [6.07, 6.45) is 2.94. The van der Waals surface area contributed by atoms with Gasteiger partial charge >= 0.3 is 5.97 Å². The van der Waals surface area contributed by atoms with Gasteiger partial charge in [0.2, 0.25) is 0 Å². The lowest BCUT2D eigenvalue weighted by molar-refractivity contribution is -0.151. The summed E-state index contributed by atoms with van der Waals surface area (Å²) in [5, 5.41) is 19.3. The minimum atomic E-state index is -0.961. The smallest absolute Gasteiger partial charge is 0.331 e. The average molecular weight is 388 g/mol. The summed E-state index contributed by atoms with van der Waals surface area (Å²) in [5.74, 6) is -0.790. The Balaban J connectivity index is 1.77. The van der Waals surface area contributed by atoms with Crippen LogP contribution in [0.5, 0.6) is 0 Å². The van der Waals surface area contributed by atoms with Crippen LogP contribution in [-0.2, 0) is 28.8 Å². The van der Waals surface area contributed by atoms with E-state index in [9.17, 15) is 9.90 Å². The van der Waals surface area contributed by atoms with Gasteiger partial charge in [-0.25, -0.2) is 4.79 Å². The summed E-state index contributed by atoms with van der Waals surface area (Å²) in [6, 6.07) is 1.95. The molecule has 1 aliphatic heterocycles. The van der Waals surface area contributed by atoms with Crippen molar-refractivity contribution in [2.24, 2.45) is 0 Å². The van der Waals surface area contributed by atoms with Crippen molar-refractivity contribution < 1.29 is 9.90 Å². The van der Waals surface area contributed by atoms with E-state index in [1.165, 1.54) is 11.3 Å². The lowest BCUT2D eigenvalue weighted by Gasteiger charge is -2.39. The molecule has 0 amide bonds. The fourth-order valence-electron chi connectivity index (χ4n) is 4.08. The average Bonchev–Trinajstić information content (AvgIpc) is 3.23. The van der Waals surface area contributed by atoms with Gasteiger partial charge in [-0.05, 0) is 39.7 Å². The summed E-state index contributed by atoms with van der Waals surface area (Å²) < 4.78 is 3.73. The molecule has 1 saturated heterocycles. The first-order valence-corrected chi connectivity index (χ1v) is 10.1. The number of likely N-dealkylation sites (tertiary alicyclic amines) is 1. The Bertz CT molecular complexity index is 851. The second kappa shape index (κ2) is 7.35. The standard InChI is InChI=1S/C21H33N5O2/c1-7-25-16(3)17(15(2)22-25)14-24-12-9-21(10-13-24,19(27)28)26-11-8-18(23-26)20(4,5)6/h8,11H,7,9-10,12-14H2,1-6H3,(H,27,28). The van der Waals surface area contributed by atoms with Crippen LogP contribution in [0.4, 0.5) is 0 Å². The van der Waals surface area contributed by atoms with Gasteiger partial charge in [0.1, 0.15) is 0 Å². The summed E-state index contributed by atoms with van der Waals surface area (Å²) in [4.78, 5) is 14.6. The van der Waals surface area contributed by atoms with Gasteiger partial charge in [-0.2, -0.15) is 10.2 Å². The van der Waals surface area contributed by atoms with Crippen LogP contribution in [0, 0.1) is 13.8 Å². The Morgan fingerprint density at radius 3 is 2.32 bits per heavy atom. The van der Waals surface area contributed by atoms with E-state index in [4.69, 9.17) is 0 Å². The molecule has 28 heavy (non-hydrogen) atoms. The number of hydrogen-bond acceptors (Lipinski definition) is 4. The number of carboxylic acid groups (broad SMARTS) is 1. The highest BCUT2D eigenvalue weighted by atomic mass is 16.4. The maximum absolute atomic E-state index is 12.3. The molecule has 0 unspecified atom stereocenters. The van der Waals surface area contributed by atoms with Crippen LogP contribution in [-0.4, -0.2) is 48.6 Å². The quantitative estimate of drug-likeness (QED) is 0.853. The van der Waals surface area contributed by atoms with Crippen molar-refractivity contribution in [3.63, 3.8) is 0 Å². The van der Waals surface area contributed by atoms with Gasteiger partial charge in [-0.1, -0.05) is 20.8 Å². The van der Waals surface area contributed by atoms with Crippen LogP contribution in [0.1, 0.15) is 63.2 Å². The molecule has 1 N–H and O–H groups in total. The third-order valence-electron chi connectivity index (χ3n) is 6.09. The Hall–Kier alpha value is -2.15. The van der Waals surface area contributed by atoms with Crippen molar-refractivity contribution in [1.29, 1.82) is 0 Å². The fraction of sp³-hybridized carbons (Fsp3) is 0.667. The second-order valence-electron chi connectivity index (χ2n) is 8.97. The van der Waals surface area contributed by atoms with Crippen molar-refractivity contribution in [2.45, 2.75) is 78.4 Å². The van der Waals surface area contributed by atoms with E-state index in [0.29, 0.717) is 12.8 Å². The van der Waals surface area contributed by atoms with E-state index in [1.807, 2.05) is 16.9 Å². The van der Waals surface area contributed by atoms with Crippen LogP contribution >= 0.6 is 0 Å². The van der Waals surface area contributed by atoms with E-state index in [-0.39, 0.29) is 5.41 Å². The molecular formula is C21H33N5O2. The number of carbonyl (C=O) groups is 1. The maximum atomic E-state index is 12.3. The highest BCUT2D eigenvalue weighted by Crippen LogP contribution is 2.33. The number of piperidine rings is 1. The minimum Gasteiger partial charge on any atom is -0.479 e. The molecule has 2 aromatic heterocycles. The molecule has 3 heterocycles. The van der Waals surface area contributed by atoms with Crippen LogP contribution in [0.2, 0.25) is 0 Å². The molecule has 1 fully saturated rings. The van der Waals surface area contributed by atoms with Crippen LogP contribution in [0.25, 0.3) is 0 Å². The maximum Gasteiger partial charge on any atom is 0.331 e. The molecule has 7 heteroatoms. The zero-order chi connectivity index (χ0) is 20.7. The zero-order valence-corrected chi connectivity index (χ0v) is 18.0. The van der Waals surface area contributed by atoms with Gasteiger partial charge in [0.25, 0.3) is 0 Å². The molecule has 2 aromatic rings. The predicted molar refractivity (Wildman–Crippen MR) is 108 cm³/mol. The number of aromatic nitrogens is 4. The van der Waals surface area contributed by atoms with Crippen molar-refractivity contribution in [2.75, 3.05) is 13.1 Å². The molecule has 0 aromatic carbocycles. The SMILES string of the molecule is CCn1nc(C)c(CN2CCC(C(=O)O)(n3ccc(C(C)(C)C)n3)CC2)c1C. The molecule has 7 nitrogen and oxygen atoms in total. The number of carboxylic acids is 1. The number of aryl methyl sites for hydroxylation is 2. The summed E-state index contributed by atoms with van der Waals surface area (Å²) in [7, 11) is 0. The number of rotatable bonds is 5. The van der Waals surface area contributed by atoms with E-state index in [0.717, 1.165) is 37.6 Å². The molecular weight excluding hydrogens is 354 g/mol. The molecule has 1 aliphatic rings. The first-order valence-electron chi connectivity index (χ1n) is 10.1. The number of nitrogens with zero attached hydrogens (tertiary/aromatic N) is 5. The molecule has 0 spiro atoms. The number of aliphatic carboxylic acids is 1. The Labute approximate surface area is 167 Å². The Kier molecular flexibility index (Phi) is 5.40. The van der Waals surface area contributed by atoms with Gasteiger partial charge in [0.15, 0.2) is 5.54 Å². The fourth-order valence-corrected chi connectivity index (χ4v) is 4.08. The van der Waals surface area contributed by atoms with Gasteiger partial charge in [-0.15, -0.1) is 0 Å². The van der Waals surface area contributed by atoms with Gasteiger partial charge in [0, 0.05) is 49.0 Å². The molecule has 3 rings (SSSR count). The Morgan fingerprint density at radius 2 is 1.86 bits per heavy atom. The highest BCUT2D eigenvalue weighted by molar-refractivity contribution is 5.76. The normalized spacial score (nSPS) is 17.8. The van der Waals surface area contributed by atoms with E-state index in [2.05, 4.69) is 56.6 Å². The highest BCUT2D eigenvalue weighted by Gasteiger charge is 2.44. The van der Waals surface area contributed by atoms with Crippen molar-refractivity contribution in [3.8, 4) is 0 Å². The van der Waals surface area contributed by atoms with Gasteiger partial charge < -0.3 is 5.11 Å².